The van der Waals surface area contributed by atoms with E-state index in [1.807, 2.05) is 0 Å². The third-order valence-electron chi connectivity index (χ3n) is 3.23. The normalized spacial score (nSPS) is 12.6. The van der Waals surface area contributed by atoms with Gasteiger partial charge in [-0.15, -0.1) is 0 Å². The molecule has 1 unspecified atom stereocenters. The lowest BCUT2D eigenvalue weighted by Crippen LogP contribution is -2.21. The summed E-state index contributed by atoms with van der Waals surface area (Å²) in [6.45, 7) is 5.32. The van der Waals surface area contributed by atoms with Gasteiger partial charge in [0.15, 0.2) is 0 Å². The molecule has 1 nitrogen and oxygen atoms in total. The van der Waals surface area contributed by atoms with Crippen molar-refractivity contribution in [1.29, 1.82) is 0 Å². The summed E-state index contributed by atoms with van der Waals surface area (Å²) in [5.41, 5.74) is 4.18. The van der Waals surface area contributed by atoms with Gasteiger partial charge in [-0.05, 0) is 54.3 Å². The Labute approximate surface area is 114 Å². The Morgan fingerprint density at radius 3 is 2.56 bits per heavy atom. The summed E-state index contributed by atoms with van der Waals surface area (Å²) in [5, 5.41) is 7.99. The monoisotopic (exact) mass is 259 g/mol. The minimum absolute atomic E-state index is 0.468. The molecule has 2 rings (SSSR count). The largest absolute Gasteiger partial charge is 0.310 e. The number of hydrogen-bond acceptors (Lipinski definition) is 2. The van der Waals surface area contributed by atoms with Gasteiger partial charge in [0, 0.05) is 6.04 Å². The van der Waals surface area contributed by atoms with Crippen LogP contribution in [0, 0.1) is 6.92 Å². The molecule has 1 aromatic carbocycles. The second-order valence-corrected chi connectivity index (χ2v) is 5.47. The summed E-state index contributed by atoms with van der Waals surface area (Å²) < 4.78 is 0. The molecule has 1 N–H and O–H groups in total. The summed E-state index contributed by atoms with van der Waals surface area (Å²) in [6, 6.07) is 11.6. The van der Waals surface area contributed by atoms with Crippen LogP contribution in [0.5, 0.6) is 0 Å². The Balaban J connectivity index is 2.01. The Bertz CT molecular complexity index is 444. The first-order valence-electron chi connectivity index (χ1n) is 6.60. The van der Waals surface area contributed by atoms with Gasteiger partial charge in [-0.25, -0.2) is 0 Å². The van der Waals surface area contributed by atoms with Crippen molar-refractivity contribution < 1.29 is 0 Å². The lowest BCUT2D eigenvalue weighted by molar-refractivity contribution is 0.515. The van der Waals surface area contributed by atoms with E-state index in [9.17, 15) is 0 Å². The molecule has 1 aromatic heterocycles. The number of hydrogen-bond donors (Lipinski definition) is 1. The zero-order valence-corrected chi connectivity index (χ0v) is 12.0. The van der Waals surface area contributed by atoms with Crippen LogP contribution in [0.1, 0.15) is 36.1 Å². The van der Waals surface area contributed by atoms with Crippen LogP contribution < -0.4 is 5.32 Å². The molecule has 0 saturated carbocycles. The minimum Gasteiger partial charge on any atom is -0.310 e. The molecule has 2 aromatic rings. The number of benzene rings is 1. The maximum Gasteiger partial charge on any atom is 0.0323 e. The number of aryl methyl sites for hydroxylation is 2. The average Bonchev–Trinajstić information content (AvgIpc) is 2.89. The second kappa shape index (κ2) is 6.72. The summed E-state index contributed by atoms with van der Waals surface area (Å²) in [6.07, 6.45) is 2.31. The van der Waals surface area contributed by atoms with Crippen LogP contribution in [0.4, 0.5) is 0 Å². The fraction of sp³-hybridized carbons (Fsp3) is 0.375. The Kier molecular flexibility index (Phi) is 4.97. The van der Waals surface area contributed by atoms with Gasteiger partial charge in [0.25, 0.3) is 0 Å². The molecule has 0 aliphatic rings. The van der Waals surface area contributed by atoms with Gasteiger partial charge in [0.1, 0.15) is 0 Å². The van der Waals surface area contributed by atoms with Crippen molar-refractivity contribution in [1.82, 2.24) is 5.32 Å². The van der Waals surface area contributed by atoms with E-state index in [0.29, 0.717) is 6.04 Å². The highest BCUT2D eigenvalue weighted by Crippen LogP contribution is 2.20. The van der Waals surface area contributed by atoms with E-state index in [1.165, 1.54) is 16.7 Å². The topological polar surface area (TPSA) is 12.0 Å². The zero-order valence-electron chi connectivity index (χ0n) is 11.1. The molecule has 2 heteroatoms. The fourth-order valence-electron chi connectivity index (χ4n) is 2.18. The van der Waals surface area contributed by atoms with E-state index < -0.39 is 0 Å². The van der Waals surface area contributed by atoms with Crippen molar-refractivity contribution in [3.05, 3.63) is 57.8 Å². The van der Waals surface area contributed by atoms with Crippen molar-refractivity contribution in [2.24, 2.45) is 0 Å². The molecule has 1 atom stereocenters. The summed E-state index contributed by atoms with van der Waals surface area (Å²) in [4.78, 5) is 0. The van der Waals surface area contributed by atoms with Crippen LogP contribution in [0.25, 0.3) is 0 Å². The predicted molar refractivity (Wildman–Crippen MR) is 80.2 cm³/mol. The van der Waals surface area contributed by atoms with Crippen LogP contribution >= 0.6 is 11.3 Å². The smallest absolute Gasteiger partial charge is 0.0323 e. The molecule has 1 heterocycles. The molecular weight excluding hydrogens is 238 g/mol. The van der Waals surface area contributed by atoms with Crippen LogP contribution in [-0.2, 0) is 6.42 Å². The number of rotatable bonds is 6. The van der Waals surface area contributed by atoms with Crippen molar-refractivity contribution in [3.8, 4) is 0 Å². The highest BCUT2D eigenvalue weighted by molar-refractivity contribution is 7.07. The van der Waals surface area contributed by atoms with Crippen LogP contribution in [0.15, 0.2) is 41.1 Å². The third kappa shape index (κ3) is 3.69. The molecular formula is C16H21NS. The summed E-state index contributed by atoms with van der Waals surface area (Å²) in [7, 11) is 0. The van der Waals surface area contributed by atoms with E-state index in [0.717, 1.165) is 19.4 Å². The summed E-state index contributed by atoms with van der Waals surface area (Å²) >= 11 is 1.78. The van der Waals surface area contributed by atoms with Gasteiger partial charge in [-0.3, -0.25) is 0 Å². The lowest BCUT2D eigenvalue weighted by atomic mass is 9.99. The maximum absolute atomic E-state index is 3.58. The highest BCUT2D eigenvalue weighted by Gasteiger charge is 2.10. The Hall–Kier alpha value is -1.12. The molecule has 0 bridgehead atoms. The number of thiophene rings is 1. The SMILES string of the molecule is CCNC(CCc1ccsc1)c1ccc(C)cc1. The van der Waals surface area contributed by atoms with Crippen LogP contribution in [-0.4, -0.2) is 6.54 Å². The maximum atomic E-state index is 3.58. The van der Waals surface area contributed by atoms with Crippen molar-refractivity contribution in [2.75, 3.05) is 6.54 Å². The lowest BCUT2D eigenvalue weighted by Gasteiger charge is -2.18. The van der Waals surface area contributed by atoms with E-state index in [2.05, 4.69) is 60.3 Å². The van der Waals surface area contributed by atoms with Gasteiger partial charge in [0.05, 0.1) is 0 Å². The molecule has 18 heavy (non-hydrogen) atoms. The third-order valence-corrected chi connectivity index (χ3v) is 3.96. The van der Waals surface area contributed by atoms with Gasteiger partial charge >= 0.3 is 0 Å². The average molecular weight is 259 g/mol. The number of nitrogens with one attached hydrogen (secondary N) is 1. The zero-order chi connectivity index (χ0) is 12.8. The van der Waals surface area contributed by atoms with Crippen molar-refractivity contribution in [3.63, 3.8) is 0 Å². The molecule has 96 valence electrons. The minimum atomic E-state index is 0.468. The van der Waals surface area contributed by atoms with Crippen molar-refractivity contribution >= 4 is 11.3 Å². The van der Waals surface area contributed by atoms with Crippen LogP contribution in [0.2, 0.25) is 0 Å². The predicted octanol–water partition coefficient (Wildman–Crippen LogP) is 4.34. The molecule has 0 aliphatic carbocycles. The summed E-state index contributed by atoms with van der Waals surface area (Å²) in [5.74, 6) is 0. The highest BCUT2D eigenvalue weighted by atomic mass is 32.1. The first kappa shape index (κ1) is 13.3. The van der Waals surface area contributed by atoms with Gasteiger partial charge < -0.3 is 5.32 Å². The quantitative estimate of drug-likeness (QED) is 0.813. The first-order valence-corrected chi connectivity index (χ1v) is 7.55. The first-order chi connectivity index (χ1) is 8.79. The second-order valence-electron chi connectivity index (χ2n) is 4.69. The molecule has 0 spiro atoms. The van der Waals surface area contributed by atoms with Gasteiger partial charge in [0.2, 0.25) is 0 Å². The molecule has 0 radical (unpaired) electrons. The van der Waals surface area contributed by atoms with Crippen molar-refractivity contribution in [2.45, 2.75) is 32.7 Å². The van der Waals surface area contributed by atoms with Crippen LogP contribution in [0.3, 0.4) is 0 Å². The van der Waals surface area contributed by atoms with E-state index >= 15 is 0 Å². The molecule has 0 saturated heterocycles. The fourth-order valence-corrected chi connectivity index (χ4v) is 2.88. The molecule has 0 amide bonds. The van der Waals surface area contributed by atoms with Gasteiger partial charge in [-0.1, -0.05) is 36.8 Å². The Morgan fingerprint density at radius 1 is 1.17 bits per heavy atom. The standard InChI is InChI=1S/C16H21NS/c1-3-17-16(9-6-14-10-11-18-12-14)15-7-4-13(2)5-8-15/h4-5,7-8,10-12,16-17H,3,6,9H2,1-2H3. The van der Waals surface area contributed by atoms with E-state index in [-0.39, 0.29) is 0 Å². The van der Waals surface area contributed by atoms with E-state index in [1.54, 1.807) is 11.3 Å². The van der Waals surface area contributed by atoms with E-state index in [4.69, 9.17) is 0 Å². The Morgan fingerprint density at radius 2 is 1.94 bits per heavy atom. The molecule has 0 aliphatic heterocycles. The molecule has 0 fully saturated rings. The van der Waals surface area contributed by atoms with Gasteiger partial charge in [-0.2, -0.15) is 11.3 Å².